The van der Waals surface area contributed by atoms with Gasteiger partial charge in [0.05, 0.1) is 19.8 Å². The molecule has 1 fully saturated rings. The average Bonchev–Trinajstić information content (AvgIpc) is 2.78. The van der Waals surface area contributed by atoms with Crippen molar-refractivity contribution in [2.24, 2.45) is 0 Å². The van der Waals surface area contributed by atoms with E-state index in [4.69, 9.17) is 14.6 Å². The summed E-state index contributed by atoms with van der Waals surface area (Å²) in [5.41, 5.74) is 0. The fourth-order valence-electron chi connectivity index (χ4n) is 2.09. The van der Waals surface area contributed by atoms with Crippen molar-refractivity contribution in [3.8, 4) is 0 Å². The van der Waals surface area contributed by atoms with Crippen LogP contribution < -0.4 is 0 Å². The van der Waals surface area contributed by atoms with Crippen molar-refractivity contribution in [3.05, 3.63) is 12.2 Å². The summed E-state index contributed by atoms with van der Waals surface area (Å²) in [5, 5.41) is 28.2. The number of unbranched alkanes of at least 4 members (excludes halogenated alkanes) is 2. The number of aliphatic hydroxyl groups excluding tert-OH is 3. The average molecular weight is 274 g/mol. The summed E-state index contributed by atoms with van der Waals surface area (Å²) in [7, 11) is 0. The van der Waals surface area contributed by atoms with Crippen molar-refractivity contribution in [1.29, 1.82) is 0 Å². The molecule has 0 bridgehead atoms. The molecule has 0 radical (unpaired) electrons. The Morgan fingerprint density at radius 1 is 1.37 bits per heavy atom. The van der Waals surface area contributed by atoms with Crippen LogP contribution in [0.15, 0.2) is 12.2 Å². The smallest absolute Gasteiger partial charge is 0.114 e. The summed E-state index contributed by atoms with van der Waals surface area (Å²) in [4.78, 5) is 0. The number of rotatable bonds is 9. The number of hydrogen-bond acceptors (Lipinski definition) is 5. The van der Waals surface area contributed by atoms with Crippen molar-refractivity contribution >= 4 is 0 Å². The number of hydrogen-bond donors (Lipinski definition) is 3. The molecule has 0 aromatic carbocycles. The normalized spacial score (nSPS) is 29.2. The van der Waals surface area contributed by atoms with E-state index in [2.05, 4.69) is 19.1 Å². The Labute approximate surface area is 114 Å². The van der Waals surface area contributed by atoms with Gasteiger partial charge in [0.15, 0.2) is 0 Å². The van der Waals surface area contributed by atoms with Gasteiger partial charge in [-0.3, -0.25) is 0 Å². The first-order valence-corrected chi connectivity index (χ1v) is 7.05. The zero-order valence-electron chi connectivity index (χ0n) is 11.6. The molecule has 19 heavy (non-hydrogen) atoms. The molecule has 112 valence electrons. The van der Waals surface area contributed by atoms with Gasteiger partial charge in [-0.15, -0.1) is 0 Å². The standard InChI is InChI=1S/C14H26O5/c1-2-3-4-5-6-7-8-18-14-12(17)10-19-13(14)11(16)9-15/h5-6,11-17H,2-4,7-10H2,1H3/b6-5+/t11-,12+,13-,14-/m0/s1. The zero-order valence-corrected chi connectivity index (χ0v) is 11.6. The topological polar surface area (TPSA) is 79.2 Å². The zero-order chi connectivity index (χ0) is 14.1. The van der Waals surface area contributed by atoms with Crippen LogP contribution in [0.1, 0.15) is 32.6 Å². The third-order valence-electron chi connectivity index (χ3n) is 3.21. The molecule has 1 aliphatic heterocycles. The van der Waals surface area contributed by atoms with E-state index >= 15 is 0 Å². The summed E-state index contributed by atoms with van der Waals surface area (Å²) in [6, 6.07) is 0. The minimum Gasteiger partial charge on any atom is -0.394 e. The van der Waals surface area contributed by atoms with Gasteiger partial charge >= 0.3 is 0 Å². The largest absolute Gasteiger partial charge is 0.394 e. The Morgan fingerprint density at radius 3 is 2.79 bits per heavy atom. The summed E-state index contributed by atoms with van der Waals surface area (Å²) in [6.45, 7) is 2.38. The van der Waals surface area contributed by atoms with Crippen molar-refractivity contribution in [3.63, 3.8) is 0 Å². The molecule has 0 saturated carbocycles. The van der Waals surface area contributed by atoms with Crippen molar-refractivity contribution in [2.45, 2.75) is 57.0 Å². The first-order valence-electron chi connectivity index (χ1n) is 7.05. The maximum atomic E-state index is 9.72. The quantitative estimate of drug-likeness (QED) is 0.424. The van der Waals surface area contributed by atoms with Gasteiger partial charge in [0, 0.05) is 0 Å². The molecular weight excluding hydrogens is 248 g/mol. The lowest BCUT2D eigenvalue weighted by Gasteiger charge is -2.23. The van der Waals surface area contributed by atoms with Crippen LogP contribution in [0.25, 0.3) is 0 Å². The van der Waals surface area contributed by atoms with Gasteiger partial charge in [-0.2, -0.15) is 0 Å². The van der Waals surface area contributed by atoms with E-state index in [0.29, 0.717) is 6.61 Å². The maximum absolute atomic E-state index is 9.72. The Bertz CT molecular complexity index is 256. The highest BCUT2D eigenvalue weighted by Gasteiger charge is 2.40. The summed E-state index contributed by atoms with van der Waals surface area (Å²) >= 11 is 0. The minimum atomic E-state index is -1.01. The maximum Gasteiger partial charge on any atom is 0.114 e. The van der Waals surface area contributed by atoms with Crippen LogP contribution in [0.3, 0.4) is 0 Å². The van der Waals surface area contributed by atoms with Gasteiger partial charge in [-0.25, -0.2) is 0 Å². The molecule has 0 aromatic heterocycles. The predicted octanol–water partition coefficient (Wildman–Crippen LogP) is 0.621. The van der Waals surface area contributed by atoms with Gasteiger partial charge in [-0.1, -0.05) is 31.9 Å². The van der Waals surface area contributed by atoms with Crippen molar-refractivity contribution in [1.82, 2.24) is 0 Å². The van der Waals surface area contributed by atoms with Crippen LogP contribution in [0.4, 0.5) is 0 Å². The highest BCUT2D eigenvalue weighted by atomic mass is 16.6. The molecule has 3 N–H and O–H groups in total. The third kappa shape index (κ3) is 5.58. The Kier molecular flexibility index (Phi) is 8.25. The van der Waals surface area contributed by atoms with Crippen LogP contribution in [-0.2, 0) is 9.47 Å². The summed E-state index contributed by atoms with van der Waals surface area (Å²) in [5.74, 6) is 0. The van der Waals surface area contributed by atoms with E-state index < -0.39 is 31.0 Å². The molecule has 5 heteroatoms. The minimum absolute atomic E-state index is 0.138. The molecule has 0 unspecified atom stereocenters. The second-order valence-corrected chi connectivity index (χ2v) is 4.85. The molecule has 4 atom stereocenters. The fourth-order valence-corrected chi connectivity index (χ4v) is 2.09. The Hall–Kier alpha value is -0.460. The van der Waals surface area contributed by atoms with Gasteiger partial charge in [0.1, 0.15) is 24.4 Å². The molecule has 1 aliphatic rings. The molecule has 0 spiro atoms. The molecule has 1 heterocycles. The summed E-state index contributed by atoms with van der Waals surface area (Å²) in [6.07, 6.45) is 5.47. The van der Waals surface area contributed by atoms with Crippen molar-refractivity contribution < 1.29 is 24.8 Å². The molecule has 5 nitrogen and oxygen atoms in total. The van der Waals surface area contributed by atoms with Gasteiger partial charge in [0.25, 0.3) is 0 Å². The van der Waals surface area contributed by atoms with E-state index in [-0.39, 0.29) is 6.61 Å². The number of aliphatic hydroxyl groups is 3. The van der Waals surface area contributed by atoms with Crippen molar-refractivity contribution in [2.75, 3.05) is 19.8 Å². The lowest BCUT2D eigenvalue weighted by Crippen LogP contribution is -2.42. The van der Waals surface area contributed by atoms with E-state index in [0.717, 1.165) is 12.8 Å². The van der Waals surface area contributed by atoms with Crippen LogP contribution in [0.2, 0.25) is 0 Å². The fraction of sp³-hybridized carbons (Fsp3) is 0.857. The SMILES string of the molecule is CCCC/C=C/CCO[C@@H]1[C@H]([C@@H](O)CO)OC[C@H]1O. The first kappa shape index (κ1) is 16.6. The van der Waals surface area contributed by atoms with E-state index in [1.807, 2.05) is 0 Å². The molecule has 1 rings (SSSR count). The van der Waals surface area contributed by atoms with Gasteiger partial charge in [0.2, 0.25) is 0 Å². The monoisotopic (exact) mass is 274 g/mol. The first-order chi connectivity index (χ1) is 9.20. The van der Waals surface area contributed by atoms with Crippen LogP contribution >= 0.6 is 0 Å². The lowest BCUT2D eigenvalue weighted by atomic mass is 10.1. The van der Waals surface area contributed by atoms with E-state index in [1.54, 1.807) is 0 Å². The third-order valence-corrected chi connectivity index (χ3v) is 3.21. The lowest BCUT2D eigenvalue weighted by molar-refractivity contribution is -0.0924. The van der Waals surface area contributed by atoms with Crippen LogP contribution in [0.5, 0.6) is 0 Å². The van der Waals surface area contributed by atoms with Crippen LogP contribution in [0, 0.1) is 0 Å². The molecule has 0 aromatic rings. The number of allylic oxidation sites excluding steroid dienone is 1. The van der Waals surface area contributed by atoms with E-state index in [1.165, 1.54) is 12.8 Å². The Morgan fingerprint density at radius 2 is 2.11 bits per heavy atom. The van der Waals surface area contributed by atoms with Gasteiger partial charge < -0.3 is 24.8 Å². The molecular formula is C14H26O5. The van der Waals surface area contributed by atoms with Gasteiger partial charge in [-0.05, 0) is 12.8 Å². The van der Waals surface area contributed by atoms with Crippen LogP contribution in [-0.4, -0.2) is 59.6 Å². The molecule has 0 aliphatic carbocycles. The second-order valence-electron chi connectivity index (χ2n) is 4.85. The highest BCUT2D eigenvalue weighted by molar-refractivity contribution is 4.89. The summed E-state index contributed by atoms with van der Waals surface area (Å²) < 4.78 is 10.8. The second kappa shape index (κ2) is 9.44. The predicted molar refractivity (Wildman–Crippen MR) is 71.9 cm³/mol. The number of ether oxygens (including phenoxy) is 2. The van der Waals surface area contributed by atoms with E-state index in [9.17, 15) is 10.2 Å². The Balaban J connectivity index is 2.24. The highest BCUT2D eigenvalue weighted by Crippen LogP contribution is 2.21. The molecule has 0 amide bonds. The molecule has 1 saturated heterocycles.